The Morgan fingerprint density at radius 1 is 1.00 bits per heavy atom. The van der Waals surface area contributed by atoms with E-state index in [-0.39, 0.29) is 11.5 Å². The molecule has 0 heterocycles. The van der Waals surface area contributed by atoms with E-state index in [9.17, 15) is 5.11 Å². The summed E-state index contributed by atoms with van der Waals surface area (Å²) in [6.07, 6.45) is 3.71. The van der Waals surface area contributed by atoms with Gasteiger partial charge in [-0.3, -0.25) is 0 Å². The maximum absolute atomic E-state index is 11.9. The predicted octanol–water partition coefficient (Wildman–Crippen LogP) is 4.05. The first-order valence-electron chi connectivity index (χ1n) is 5.59. The van der Waals surface area contributed by atoms with Crippen LogP contribution in [0.4, 0.5) is 0 Å². The largest absolute Gasteiger partial charge is 0.233 e. The van der Waals surface area contributed by atoms with Crippen molar-refractivity contribution in [3.05, 3.63) is 0 Å². The van der Waals surface area contributed by atoms with Crippen LogP contribution < -0.4 is 0 Å². The van der Waals surface area contributed by atoms with Gasteiger partial charge in [0.05, 0.1) is 6.10 Å². The van der Waals surface area contributed by atoms with E-state index in [0.717, 1.165) is 25.7 Å². The second-order valence-electron chi connectivity index (χ2n) is 5.09. The Labute approximate surface area is 83.5 Å². The van der Waals surface area contributed by atoms with Crippen molar-refractivity contribution in [3.63, 3.8) is 0 Å². The van der Waals surface area contributed by atoms with Crippen LogP contribution in [0.3, 0.4) is 0 Å². The van der Waals surface area contributed by atoms with Crippen LogP contribution in [-0.4, -0.2) is 6.10 Å². The van der Waals surface area contributed by atoms with Gasteiger partial charge >= 0.3 is 0 Å². The molecule has 0 aliphatic heterocycles. The van der Waals surface area contributed by atoms with E-state index >= 15 is 0 Å². The predicted molar refractivity (Wildman–Crippen MR) is 57.2 cm³/mol. The van der Waals surface area contributed by atoms with Gasteiger partial charge in [0.15, 0.2) is 0 Å². The molecule has 0 aliphatic carbocycles. The average molecular weight is 185 g/mol. The Morgan fingerprint density at radius 3 is 1.77 bits per heavy atom. The third-order valence-corrected chi connectivity index (χ3v) is 2.73. The van der Waals surface area contributed by atoms with Crippen LogP contribution in [0.2, 0.25) is 0 Å². The Balaban J connectivity index is 4.23. The summed E-state index contributed by atoms with van der Waals surface area (Å²) < 4.78 is 0. The lowest BCUT2D eigenvalue weighted by Crippen LogP contribution is -2.31. The average Bonchev–Trinajstić information content (AvgIpc) is 1.98. The fraction of sp³-hybridized carbons (Fsp3) is 1.00. The molecule has 0 aromatic heterocycles. The van der Waals surface area contributed by atoms with Crippen molar-refractivity contribution in [3.8, 4) is 0 Å². The lowest BCUT2D eigenvalue weighted by molar-refractivity contribution is -0.0193. The topological polar surface area (TPSA) is 19.9 Å². The lowest BCUT2D eigenvalue weighted by Gasteiger charge is -2.33. The summed E-state index contributed by atoms with van der Waals surface area (Å²) in [4.78, 5) is 0. The van der Waals surface area contributed by atoms with E-state index in [2.05, 4.69) is 34.6 Å². The van der Waals surface area contributed by atoms with Crippen LogP contribution in [0, 0.1) is 11.3 Å². The Morgan fingerprint density at radius 2 is 1.46 bits per heavy atom. The third-order valence-electron chi connectivity index (χ3n) is 2.73. The fourth-order valence-electron chi connectivity index (χ4n) is 1.97. The van der Waals surface area contributed by atoms with Crippen molar-refractivity contribution in [2.24, 2.45) is 11.3 Å². The highest BCUT2D eigenvalue weighted by Crippen LogP contribution is 2.34. The van der Waals surface area contributed by atoms with Gasteiger partial charge in [-0.1, -0.05) is 47.5 Å². The molecule has 1 radical (unpaired) electrons. The Bertz CT molecular complexity index is 124. The van der Waals surface area contributed by atoms with E-state index < -0.39 is 0 Å². The van der Waals surface area contributed by atoms with Gasteiger partial charge in [-0.25, -0.2) is 5.11 Å². The molecule has 0 amide bonds. The van der Waals surface area contributed by atoms with Crippen molar-refractivity contribution >= 4 is 0 Å². The molecule has 2 atom stereocenters. The summed E-state index contributed by atoms with van der Waals surface area (Å²) in [7, 11) is 0. The molecule has 0 rings (SSSR count). The fourth-order valence-corrected chi connectivity index (χ4v) is 1.97. The molecule has 0 N–H and O–H groups in total. The van der Waals surface area contributed by atoms with Crippen molar-refractivity contribution in [2.45, 2.75) is 66.4 Å². The van der Waals surface area contributed by atoms with E-state index in [0.29, 0.717) is 5.92 Å². The first-order chi connectivity index (χ1) is 5.93. The molecule has 79 valence electrons. The SMILES string of the molecule is CCCC([O])C(CCC)C(C)(C)C. The molecular formula is C12H25O. The second kappa shape index (κ2) is 5.64. The van der Waals surface area contributed by atoms with Gasteiger partial charge in [0.25, 0.3) is 0 Å². The van der Waals surface area contributed by atoms with Crippen LogP contribution in [-0.2, 0) is 5.11 Å². The van der Waals surface area contributed by atoms with Crippen LogP contribution in [0.5, 0.6) is 0 Å². The summed E-state index contributed by atoms with van der Waals surface area (Å²) in [5.74, 6) is 0.345. The maximum atomic E-state index is 11.9. The van der Waals surface area contributed by atoms with Crippen LogP contribution >= 0.6 is 0 Å². The smallest absolute Gasteiger partial charge is 0.0963 e. The van der Waals surface area contributed by atoms with Gasteiger partial charge in [-0.15, -0.1) is 0 Å². The van der Waals surface area contributed by atoms with Crippen molar-refractivity contribution in [1.29, 1.82) is 0 Å². The van der Waals surface area contributed by atoms with Crippen molar-refractivity contribution in [1.82, 2.24) is 0 Å². The minimum atomic E-state index is -0.357. The summed E-state index contributed by atoms with van der Waals surface area (Å²) >= 11 is 0. The zero-order valence-corrected chi connectivity index (χ0v) is 9.89. The molecule has 0 aliphatic rings. The Hall–Kier alpha value is -0.0400. The molecule has 1 nitrogen and oxygen atoms in total. The third kappa shape index (κ3) is 4.66. The van der Waals surface area contributed by atoms with Crippen LogP contribution in [0.15, 0.2) is 0 Å². The highest BCUT2D eigenvalue weighted by atomic mass is 16.3. The molecule has 1 heteroatoms. The molecule has 0 aromatic rings. The van der Waals surface area contributed by atoms with E-state index in [4.69, 9.17) is 0 Å². The van der Waals surface area contributed by atoms with Crippen LogP contribution in [0.25, 0.3) is 0 Å². The molecule has 2 unspecified atom stereocenters. The van der Waals surface area contributed by atoms with Crippen LogP contribution in [0.1, 0.15) is 60.3 Å². The highest BCUT2D eigenvalue weighted by molar-refractivity contribution is 4.79. The van der Waals surface area contributed by atoms with Gasteiger partial charge < -0.3 is 0 Å². The zero-order chi connectivity index (χ0) is 10.5. The molecular weight excluding hydrogens is 160 g/mol. The van der Waals surface area contributed by atoms with Crippen molar-refractivity contribution in [2.75, 3.05) is 0 Å². The lowest BCUT2D eigenvalue weighted by atomic mass is 9.74. The molecule has 0 fully saturated rings. The molecule has 0 aromatic carbocycles. The monoisotopic (exact) mass is 185 g/mol. The highest BCUT2D eigenvalue weighted by Gasteiger charge is 2.30. The van der Waals surface area contributed by atoms with Crippen molar-refractivity contribution < 1.29 is 5.11 Å². The normalized spacial score (nSPS) is 17.1. The summed E-state index contributed by atoms with van der Waals surface area (Å²) in [6, 6.07) is 0. The molecule has 0 saturated carbocycles. The van der Waals surface area contributed by atoms with E-state index in [1.165, 1.54) is 0 Å². The Kier molecular flexibility index (Phi) is 5.62. The minimum Gasteiger partial charge on any atom is -0.233 e. The van der Waals surface area contributed by atoms with Gasteiger partial charge in [0, 0.05) is 0 Å². The van der Waals surface area contributed by atoms with Gasteiger partial charge in [0.1, 0.15) is 0 Å². The molecule has 0 saturated heterocycles. The number of rotatable bonds is 5. The molecule has 13 heavy (non-hydrogen) atoms. The maximum Gasteiger partial charge on any atom is 0.0963 e. The minimum absolute atomic E-state index is 0.178. The first kappa shape index (κ1) is 13.0. The van der Waals surface area contributed by atoms with Gasteiger partial charge in [0.2, 0.25) is 0 Å². The summed E-state index contributed by atoms with van der Waals surface area (Å²) in [5, 5.41) is 11.9. The summed E-state index contributed by atoms with van der Waals surface area (Å²) in [5.41, 5.74) is 0.178. The number of hydrogen-bond acceptors (Lipinski definition) is 0. The number of hydrogen-bond donors (Lipinski definition) is 0. The van der Waals surface area contributed by atoms with Gasteiger partial charge in [-0.05, 0) is 24.2 Å². The van der Waals surface area contributed by atoms with E-state index in [1.807, 2.05) is 0 Å². The quantitative estimate of drug-likeness (QED) is 0.616. The van der Waals surface area contributed by atoms with E-state index in [1.54, 1.807) is 0 Å². The molecule has 0 bridgehead atoms. The second-order valence-corrected chi connectivity index (χ2v) is 5.09. The molecule has 0 spiro atoms. The summed E-state index contributed by atoms with van der Waals surface area (Å²) in [6.45, 7) is 10.8. The zero-order valence-electron chi connectivity index (χ0n) is 9.89. The standard InChI is InChI=1S/C12H25O/c1-6-8-10(12(3,4)5)11(13)9-7-2/h10-11H,6-9H2,1-5H3. The van der Waals surface area contributed by atoms with Gasteiger partial charge in [-0.2, -0.15) is 0 Å². The first-order valence-corrected chi connectivity index (χ1v) is 5.59.